The number of nitriles is 1. The Kier molecular flexibility index (Phi) is 4.80. The Morgan fingerprint density at radius 2 is 2.05 bits per heavy atom. The van der Waals surface area contributed by atoms with E-state index in [9.17, 15) is 13.2 Å². The molecule has 1 aromatic heterocycles. The molecule has 0 saturated carbocycles. The van der Waals surface area contributed by atoms with Crippen LogP contribution in [0.25, 0.3) is 0 Å². The summed E-state index contributed by atoms with van der Waals surface area (Å²) in [5.41, 5.74) is 0.140. The third-order valence-electron chi connectivity index (χ3n) is 2.60. The summed E-state index contributed by atoms with van der Waals surface area (Å²) in [5, 5.41) is 11.5. The molecule has 0 fully saturated rings. The number of hydrogen-bond donors (Lipinski definition) is 1. The molecule has 2 rings (SSSR count). The van der Waals surface area contributed by atoms with E-state index in [4.69, 9.17) is 9.44 Å². The van der Waals surface area contributed by atoms with Crippen LogP contribution in [0.3, 0.4) is 0 Å². The Morgan fingerprint density at radius 3 is 2.73 bits per heavy atom. The second-order valence-electron chi connectivity index (χ2n) is 4.28. The van der Waals surface area contributed by atoms with E-state index in [1.54, 1.807) is 18.2 Å². The molecule has 2 aromatic rings. The molecular weight excluding hydrogens is 324 g/mol. The predicted octanol–water partition coefficient (Wildman–Crippen LogP) is 2.02. The molecule has 1 N–H and O–H groups in total. The van der Waals surface area contributed by atoms with Gasteiger partial charge in [0.25, 0.3) is 0 Å². The summed E-state index contributed by atoms with van der Waals surface area (Å²) in [5.74, 6) is -0.209. The zero-order valence-electron chi connectivity index (χ0n) is 11.6. The van der Waals surface area contributed by atoms with Crippen molar-refractivity contribution in [3.8, 4) is 11.8 Å². The molecule has 1 heterocycles. The van der Waals surface area contributed by atoms with Gasteiger partial charge in [0.2, 0.25) is 5.91 Å². The van der Waals surface area contributed by atoms with Gasteiger partial charge in [0.1, 0.15) is 6.07 Å². The second-order valence-corrected chi connectivity index (χ2v) is 7.22. The predicted molar refractivity (Wildman–Crippen MR) is 80.8 cm³/mol. The summed E-state index contributed by atoms with van der Waals surface area (Å²) >= 11 is 1.00. The van der Waals surface area contributed by atoms with Crippen LogP contribution >= 0.6 is 11.3 Å². The van der Waals surface area contributed by atoms with Crippen LogP contribution in [0.1, 0.15) is 17.4 Å². The highest BCUT2D eigenvalue weighted by Crippen LogP contribution is 2.27. The van der Waals surface area contributed by atoms with Crippen LogP contribution in [-0.4, -0.2) is 14.3 Å². The molecule has 0 radical (unpaired) electrons. The summed E-state index contributed by atoms with van der Waals surface area (Å²) in [6, 6.07) is 11.0. The summed E-state index contributed by atoms with van der Waals surface area (Å²) in [6.07, 6.45) is 0. The number of carbonyl (C=O) groups is 1. The number of nitrogens with one attached hydrogen (secondary N) is 1. The number of rotatable bonds is 5. The van der Waals surface area contributed by atoms with Crippen molar-refractivity contribution in [2.45, 2.75) is 17.7 Å². The number of para-hydroxylation sites is 1. The van der Waals surface area contributed by atoms with E-state index in [2.05, 4.69) is 5.32 Å². The highest BCUT2D eigenvalue weighted by molar-refractivity contribution is 7.89. The molecule has 1 amide bonds. The zero-order valence-corrected chi connectivity index (χ0v) is 13.2. The van der Waals surface area contributed by atoms with Crippen LogP contribution < -0.4 is 9.50 Å². The molecule has 0 aliphatic carbocycles. The molecule has 0 aliphatic heterocycles. The van der Waals surface area contributed by atoms with Crippen molar-refractivity contribution >= 4 is 27.4 Å². The van der Waals surface area contributed by atoms with Gasteiger partial charge in [-0.3, -0.25) is 4.79 Å². The lowest BCUT2D eigenvalue weighted by Crippen LogP contribution is -2.18. The summed E-state index contributed by atoms with van der Waals surface area (Å²) in [6.45, 7) is 1.64. The summed E-state index contributed by atoms with van der Waals surface area (Å²) in [7, 11) is -4.01. The fourth-order valence-corrected chi connectivity index (χ4v) is 3.80. The molecule has 1 aromatic carbocycles. The average molecular weight is 336 g/mol. The van der Waals surface area contributed by atoms with E-state index in [0.29, 0.717) is 4.88 Å². The molecule has 114 valence electrons. The Morgan fingerprint density at radius 1 is 1.32 bits per heavy atom. The van der Waals surface area contributed by atoms with Crippen molar-refractivity contribution in [3.05, 3.63) is 46.8 Å². The first-order chi connectivity index (χ1) is 10.4. The molecule has 8 heteroatoms. The zero-order chi connectivity index (χ0) is 16.2. The van der Waals surface area contributed by atoms with Crippen molar-refractivity contribution in [2.24, 2.45) is 0 Å². The van der Waals surface area contributed by atoms with Crippen LogP contribution in [-0.2, 0) is 21.5 Å². The largest absolute Gasteiger partial charge is 0.377 e. The van der Waals surface area contributed by atoms with Crippen LogP contribution in [0.15, 0.2) is 40.6 Å². The minimum Gasteiger partial charge on any atom is -0.377 e. The van der Waals surface area contributed by atoms with E-state index in [1.807, 2.05) is 6.07 Å². The monoisotopic (exact) mass is 336 g/mol. The SMILES string of the molecule is CC(=O)NCc1ccc(S(=O)(=O)Oc2ccccc2C#N)s1. The van der Waals surface area contributed by atoms with Crippen molar-refractivity contribution in [1.82, 2.24) is 5.32 Å². The number of thiophene rings is 1. The molecule has 0 unspecified atom stereocenters. The first-order valence-electron chi connectivity index (χ1n) is 6.19. The molecule has 0 aliphatic rings. The number of benzene rings is 1. The standard InChI is InChI=1S/C14H12N2O4S2/c1-10(17)16-9-12-6-7-14(21-12)22(18,19)20-13-5-3-2-4-11(13)8-15/h2-7H,9H2,1H3,(H,16,17). The fraction of sp³-hybridized carbons (Fsp3) is 0.143. The minimum atomic E-state index is -4.01. The van der Waals surface area contributed by atoms with Gasteiger partial charge in [-0.05, 0) is 24.3 Å². The molecular formula is C14H12N2O4S2. The van der Waals surface area contributed by atoms with E-state index < -0.39 is 10.1 Å². The maximum Gasteiger partial charge on any atom is 0.348 e. The van der Waals surface area contributed by atoms with Gasteiger partial charge < -0.3 is 9.50 Å². The second kappa shape index (κ2) is 6.60. The molecule has 0 atom stereocenters. The third-order valence-corrected chi connectivity index (χ3v) is 5.37. The fourth-order valence-electron chi connectivity index (χ4n) is 1.59. The normalized spacial score (nSPS) is 10.7. The van der Waals surface area contributed by atoms with E-state index in [1.165, 1.54) is 25.1 Å². The lowest BCUT2D eigenvalue weighted by Gasteiger charge is -2.06. The van der Waals surface area contributed by atoms with Gasteiger partial charge in [0.05, 0.1) is 12.1 Å². The van der Waals surface area contributed by atoms with Gasteiger partial charge in [-0.1, -0.05) is 12.1 Å². The molecule has 6 nitrogen and oxygen atoms in total. The topological polar surface area (TPSA) is 96.3 Å². The smallest absolute Gasteiger partial charge is 0.348 e. The maximum atomic E-state index is 12.2. The van der Waals surface area contributed by atoms with Crippen LogP contribution in [0.5, 0.6) is 5.75 Å². The van der Waals surface area contributed by atoms with E-state index in [-0.39, 0.29) is 28.0 Å². The minimum absolute atomic E-state index is 0.0122. The molecule has 0 spiro atoms. The molecule has 22 heavy (non-hydrogen) atoms. The van der Waals surface area contributed by atoms with Gasteiger partial charge in [0, 0.05) is 11.8 Å². The van der Waals surface area contributed by atoms with Crippen molar-refractivity contribution in [1.29, 1.82) is 5.26 Å². The van der Waals surface area contributed by atoms with Crippen molar-refractivity contribution in [3.63, 3.8) is 0 Å². The highest BCUT2D eigenvalue weighted by Gasteiger charge is 2.20. The van der Waals surface area contributed by atoms with Gasteiger partial charge in [-0.2, -0.15) is 13.7 Å². The first-order valence-corrected chi connectivity index (χ1v) is 8.41. The van der Waals surface area contributed by atoms with E-state index >= 15 is 0 Å². The quantitative estimate of drug-likeness (QED) is 0.843. The third kappa shape index (κ3) is 3.84. The Labute approximate surface area is 132 Å². The van der Waals surface area contributed by atoms with Crippen LogP contribution in [0, 0.1) is 11.3 Å². The van der Waals surface area contributed by atoms with Crippen LogP contribution in [0.2, 0.25) is 0 Å². The molecule has 0 bridgehead atoms. The average Bonchev–Trinajstić information content (AvgIpc) is 2.95. The van der Waals surface area contributed by atoms with Gasteiger partial charge >= 0.3 is 10.1 Å². The number of carbonyl (C=O) groups excluding carboxylic acids is 1. The molecule has 0 saturated heterocycles. The number of amides is 1. The van der Waals surface area contributed by atoms with Gasteiger partial charge in [-0.15, -0.1) is 11.3 Å². The Hall–Kier alpha value is -2.37. The lowest BCUT2D eigenvalue weighted by atomic mass is 10.2. The first kappa shape index (κ1) is 16.0. The maximum absolute atomic E-state index is 12.2. The van der Waals surface area contributed by atoms with Gasteiger partial charge in [0.15, 0.2) is 9.96 Å². The number of nitrogens with zero attached hydrogens (tertiary/aromatic N) is 1. The number of hydrogen-bond acceptors (Lipinski definition) is 6. The van der Waals surface area contributed by atoms with Crippen molar-refractivity contribution in [2.75, 3.05) is 0 Å². The Bertz CT molecular complexity index is 835. The highest BCUT2D eigenvalue weighted by atomic mass is 32.3. The Balaban J connectivity index is 2.20. The summed E-state index contributed by atoms with van der Waals surface area (Å²) < 4.78 is 29.5. The van der Waals surface area contributed by atoms with E-state index in [0.717, 1.165) is 11.3 Å². The van der Waals surface area contributed by atoms with Crippen LogP contribution in [0.4, 0.5) is 0 Å². The lowest BCUT2D eigenvalue weighted by molar-refractivity contribution is -0.119. The summed E-state index contributed by atoms with van der Waals surface area (Å²) in [4.78, 5) is 11.5. The van der Waals surface area contributed by atoms with Crippen molar-refractivity contribution < 1.29 is 17.4 Å². The van der Waals surface area contributed by atoms with Gasteiger partial charge in [-0.25, -0.2) is 0 Å².